The van der Waals surface area contributed by atoms with Crippen LogP contribution >= 0.6 is 0 Å². The van der Waals surface area contributed by atoms with Crippen LogP contribution in [0.1, 0.15) is 0 Å². The Morgan fingerprint density at radius 1 is 0.800 bits per heavy atom. The minimum atomic E-state index is -4.16. The van der Waals surface area contributed by atoms with Crippen LogP contribution < -0.4 is 4.74 Å². The van der Waals surface area contributed by atoms with Crippen molar-refractivity contribution in [3.05, 3.63) is 29.1 Å². The molecule has 0 heterocycles. The van der Waals surface area contributed by atoms with Crippen LogP contribution in [0.15, 0.2) is 0 Å². The van der Waals surface area contributed by atoms with E-state index < -0.39 is 60.8 Å². The monoisotopic (exact) mass is 310 g/mol. The number of hydrogen-bond acceptors (Lipinski definition) is 2. The number of hydrogen-bond donors (Lipinski definition) is 0. The Morgan fingerprint density at radius 2 is 1.25 bits per heavy atom. The lowest BCUT2D eigenvalue weighted by Gasteiger charge is -2.17. The van der Waals surface area contributed by atoms with Crippen molar-refractivity contribution in [3.63, 3.8) is 0 Å². The molecule has 20 heavy (non-hydrogen) atoms. The maximum Gasteiger partial charge on any atom is 0.389 e. The number of benzene rings is 1. The lowest BCUT2D eigenvalue weighted by Crippen LogP contribution is -2.30. The lowest BCUT2D eigenvalue weighted by molar-refractivity contribution is -0.253. The van der Waals surface area contributed by atoms with Crippen molar-refractivity contribution in [1.29, 1.82) is 0 Å². The Balaban J connectivity index is 2.94. The summed E-state index contributed by atoms with van der Waals surface area (Å²) in [6, 6.07) is 0. The first-order valence-corrected chi connectivity index (χ1v) is 4.93. The van der Waals surface area contributed by atoms with Crippen LogP contribution in [0.2, 0.25) is 0 Å². The Kier molecular flexibility index (Phi) is 5.15. The predicted molar refractivity (Wildman–Crippen MR) is 48.6 cm³/mol. The molecule has 0 saturated heterocycles. The predicted octanol–water partition coefficient (Wildman–Crippen LogP) is 3.34. The maximum absolute atomic E-state index is 13.0. The van der Waals surface area contributed by atoms with Crippen molar-refractivity contribution in [2.75, 3.05) is 19.9 Å². The molecule has 0 aliphatic heterocycles. The molecule has 0 N–H and O–H groups in total. The summed E-state index contributed by atoms with van der Waals surface area (Å²) in [6.07, 6.45) is -4.16. The molecular formula is C10H6F8O2. The lowest BCUT2D eigenvalue weighted by atomic mass is 10.2. The van der Waals surface area contributed by atoms with Crippen molar-refractivity contribution < 1.29 is 44.6 Å². The van der Waals surface area contributed by atoms with Crippen LogP contribution in [-0.4, -0.2) is 26.0 Å². The van der Waals surface area contributed by atoms with E-state index in [2.05, 4.69) is 9.47 Å². The van der Waals surface area contributed by atoms with Crippen molar-refractivity contribution in [2.45, 2.75) is 6.11 Å². The van der Waals surface area contributed by atoms with Gasteiger partial charge in [0, 0.05) is 0 Å². The van der Waals surface area contributed by atoms with Crippen LogP contribution in [0.3, 0.4) is 0 Å². The first-order valence-electron chi connectivity index (χ1n) is 4.93. The first-order chi connectivity index (χ1) is 9.21. The molecule has 1 aromatic carbocycles. The van der Waals surface area contributed by atoms with Gasteiger partial charge in [-0.2, -0.15) is 17.6 Å². The number of halogens is 8. The third-order valence-electron chi connectivity index (χ3n) is 1.94. The van der Waals surface area contributed by atoms with Gasteiger partial charge in [0.25, 0.3) is 0 Å². The summed E-state index contributed by atoms with van der Waals surface area (Å²) in [6.45, 7) is -4.16. The summed E-state index contributed by atoms with van der Waals surface area (Å²) in [7, 11) is 0. The molecule has 1 rings (SSSR count). The Bertz CT molecular complexity index is 462. The largest absolute Gasteiger partial charge is 0.478 e. The van der Waals surface area contributed by atoms with Crippen LogP contribution in [0.5, 0.6) is 5.75 Å². The molecule has 0 unspecified atom stereocenters. The summed E-state index contributed by atoms with van der Waals surface area (Å²) in [5.41, 5.74) is 0. The van der Waals surface area contributed by atoms with Crippen LogP contribution in [0, 0.1) is 29.1 Å². The molecule has 0 atom stereocenters. The fourth-order valence-corrected chi connectivity index (χ4v) is 1.10. The second kappa shape index (κ2) is 6.25. The normalized spacial score (nSPS) is 11.8. The summed E-state index contributed by atoms with van der Waals surface area (Å²) in [5.74, 6) is -13.8. The van der Waals surface area contributed by atoms with E-state index in [1.807, 2.05) is 0 Å². The minimum Gasteiger partial charge on any atom is -0.478 e. The van der Waals surface area contributed by atoms with E-state index in [0.29, 0.717) is 0 Å². The molecular weight excluding hydrogens is 304 g/mol. The van der Waals surface area contributed by atoms with E-state index >= 15 is 0 Å². The number of rotatable bonds is 6. The molecule has 0 bridgehead atoms. The fraction of sp³-hybridized carbons (Fsp3) is 0.400. The van der Waals surface area contributed by atoms with E-state index in [0.717, 1.165) is 0 Å². The smallest absolute Gasteiger partial charge is 0.389 e. The SMILES string of the molecule is FCCOC(F)(F)COc1c(F)c(F)c(F)c(F)c1F. The van der Waals surface area contributed by atoms with Gasteiger partial charge in [0.2, 0.25) is 29.1 Å². The molecule has 0 amide bonds. The first kappa shape index (κ1) is 16.5. The zero-order chi connectivity index (χ0) is 15.5. The third kappa shape index (κ3) is 3.50. The van der Waals surface area contributed by atoms with Gasteiger partial charge >= 0.3 is 6.11 Å². The highest BCUT2D eigenvalue weighted by molar-refractivity contribution is 5.29. The molecule has 0 radical (unpaired) electrons. The molecule has 0 aromatic heterocycles. The zero-order valence-corrected chi connectivity index (χ0v) is 9.46. The van der Waals surface area contributed by atoms with Crippen LogP contribution in [0.25, 0.3) is 0 Å². The summed E-state index contributed by atoms with van der Waals surface area (Å²) >= 11 is 0. The summed E-state index contributed by atoms with van der Waals surface area (Å²) < 4.78 is 109. The van der Waals surface area contributed by atoms with E-state index in [4.69, 9.17) is 0 Å². The van der Waals surface area contributed by atoms with E-state index in [9.17, 15) is 35.1 Å². The molecule has 114 valence electrons. The molecule has 0 aliphatic rings. The summed E-state index contributed by atoms with van der Waals surface area (Å²) in [4.78, 5) is 0. The van der Waals surface area contributed by atoms with Gasteiger partial charge in [-0.3, -0.25) is 0 Å². The van der Waals surface area contributed by atoms with Gasteiger partial charge in [0.15, 0.2) is 12.4 Å². The second-order valence-electron chi connectivity index (χ2n) is 3.36. The Morgan fingerprint density at radius 3 is 1.70 bits per heavy atom. The average molecular weight is 310 g/mol. The highest BCUT2D eigenvalue weighted by Crippen LogP contribution is 2.30. The van der Waals surface area contributed by atoms with Gasteiger partial charge in [0.05, 0.1) is 6.61 Å². The van der Waals surface area contributed by atoms with Gasteiger partial charge in [-0.15, -0.1) is 0 Å². The van der Waals surface area contributed by atoms with Gasteiger partial charge in [-0.1, -0.05) is 0 Å². The second-order valence-corrected chi connectivity index (χ2v) is 3.36. The van der Waals surface area contributed by atoms with E-state index in [-0.39, 0.29) is 0 Å². The van der Waals surface area contributed by atoms with Crippen LogP contribution in [-0.2, 0) is 4.74 Å². The van der Waals surface area contributed by atoms with Crippen molar-refractivity contribution in [2.24, 2.45) is 0 Å². The maximum atomic E-state index is 13.0. The Labute approximate surface area is 106 Å². The highest BCUT2D eigenvalue weighted by atomic mass is 19.3. The van der Waals surface area contributed by atoms with Gasteiger partial charge in [-0.05, 0) is 0 Å². The molecule has 10 heteroatoms. The zero-order valence-electron chi connectivity index (χ0n) is 9.46. The molecule has 2 nitrogen and oxygen atoms in total. The molecule has 0 saturated carbocycles. The van der Waals surface area contributed by atoms with Crippen molar-refractivity contribution in [1.82, 2.24) is 0 Å². The highest BCUT2D eigenvalue weighted by Gasteiger charge is 2.34. The van der Waals surface area contributed by atoms with Crippen molar-refractivity contribution in [3.8, 4) is 5.75 Å². The van der Waals surface area contributed by atoms with Gasteiger partial charge in [0.1, 0.15) is 6.67 Å². The van der Waals surface area contributed by atoms with Gasteiger partial charge in [-0.25, -0.2) is 17.6 Å². The molecule has 0 fully saturated rings. The topological polar surface area (TPSA) is 18.5 Å². The van der Waals surface area contributed by atoms with E-state index in [1.165, 1.54) is 0 Å². The number of ether oxygens (including phenoxy) is 2. The molecule has 0 aliphatic carbocycles. The quantitative estimate of drug-likeness (QED) is 0.456. The van der Waals surface area contributed by atoms with Gasteiger partial charge < -0.3 is 9.47 Å². The molecule has 1 aromatic rings. The minimum absolute atomic E-state index is 1.03. The Hall–Kier alpha value is -1.58. The molecule has 0 spiro atoms. The standard InChI is InChI=1S/C10H6F8O2/c11-1-2-20-10(17,18)3-19-9-7(15)5(13)4(12)6(14)8(9)16/h1-3H2. The van der Waals surface area contributed by atoms with E-state index in [1.54, 1.807) is 0 Å². The third-order valence-corrected chi connectivity index (χ3v) is 1.94. The van der Waals surface area contributed by atoms with Crippen LogP contribution in [0.4, 0.5) is 35.1 Å². The van der Waals surface area contributed by atoms with Crippen molar-refractivity contribution >= 4 is 0 Å². The number of alkyl halides is 3. The average Bonchev–Trinajstić information content (AvgIpc) is 2.40. The fourth-order valence-electron chi connectivity index (χ4n) is 1.10. The summed E-state index contributed by atoms with van der Waals surface area (Å²) in [5, 5.41) is 0.